The van der Waals surface area contributed by atoms with Gasteiger partial charge in [0.1, 0.15) is 17.8 Å². The molecule has 0 unspecified atom stereocenters. The summed E-state index contributed by atoms with van der Waals surface area (Å²) in [7, 11) is 0. The van der Waals surface area contributed by atoms with Crippen LogP contribution in [0, 0.1) is 0 Å². The van der Waals surface area contributed by atoms with Crippen molar-refractivity contribution in [2.45, 2.75) is 6.42 Å². The summed E-state index contributed by atoms with van der Waals surface area (Å²) in [5.41, 5.74) is 3.49. The standard InChI is InChI=1S/C19H15BrN4O/c20-14-5-3-6-15(10-14)23-19(25)16-11-18(22-12-21-16)24-9-8-13-4-1-2-7-17(13)24/h1-7,10-12H,8-9H2,(H,23,25). The number of amides is 1. The van der Waals surface area contributed by atoms with Crippen LogP contribution in [0.5, 0.6) is 0 Å². The fraction of sp³-hybridized carbons (Fsp3) is 0.105. The Bertz CT molecular complexity index is 944. The van der Waals surface area contributed by atoms with Crippen molar-refractivity contribution in [3.05, 3.63) is 76.7 Å². The second-order valence-electron chi connectivity index (χ2n) is 5.76. The van der Waals surface area contributed by atoms with Crippen LogP contribution < -0.4 is 10.2 Å². The van der Waals surface area contributed by atoms with Gasteiger partial charge in [-0.25, -0.2) is 9.97 Å². The summed E-state index contributed by atoms with van der Waals surface area (Å²) in [5, 5.41) is 2.86. The normalized spacial score (nSPS) is 12.8. The number of nitrogens with one attached hydrogen (secondary N) is 1. The number of benzene rings is 2. The lowest BCUT2D eigenvalue weighted by atomic mass is 10.2. The van der Waals surface area contributed by atoms with E-state index in [0.29, 0.717) is 11.4 Å². The van der Waals surface area contributed by atoms with Crippen molar-refractivity contribution < 1.29 is 4.79 Å². The van der Waals surface area contributed by atoms with Crippen molar-refractivity contribution in [3.8, 4) is 0 Å². The highest BCUT2D eigenvalue weighted by Crippen LogP contribution is 2.33. The first kappa shape index (κ1) is 15.8. The minimum absolute atomic E-state index is 0.255. The molecule has 1 N–H and O–H groups in total. The van der Waals surface area contributed by atoms with Crippen molar-refractivity contribution in [2.24, 2.45) is 0 Å². The Balaban J connectivity index is 1.59. The van der Waals surface area contributed by atoms with Gasteiger partial charge in [0.15, 0.2) is 0 Å². The molecule has 1 amide bonds. The van der Waals surface area contributed by atoms with Crippen molar-refractivity contribution in [1.29, 1.82) is 0 Å². The lowest BCUT2D eigenvalue weighted by Crippen LogP contribution is -2.18. The molecular weight excluding hydrogens is 380 g/mol. The molecule has 0 spiro atoms. The number of fused-ring (bicyclic) bond motifs is 1. The predicted octanol–water partition coefficient (Wildman–Crippen LogP) is 4.19. The molecule has 25 heavy (non-hydrogen) atoms. The summed E-state index contributed by atoms with van der Waals surface area (Å²) in [5.74, 6) is 0.480. The SMILES string of the molecule is O=C(Nc1cccc(Br)c1)c1cc(N2CCc3ccccc32)ncn1. The molecule has 0 saturated carbocycles. The number of carbonyl (C=O) groups excluding carboxylic acids is 1. The maximum atomic E-state index is 12.5. The molecule has 1 aliphatic rings. The molecule has 0 radical (unpaired) electrons. The first-order valence-corrected chi connectivity index (χ1v) is 8.74. The van der Waals surface area contributed by atoms with E-state index in [-0.39, 0.29) is 5.91 Å². The van der Waals surface area contributed by atoms with Gasteiger partial charge in [-0.15, -0.1) is 0 Å². The largest absolute Gasteiger partial charge is 0.326 e. The highest BCUT2D eigenvalue weighted by atomic mass is 79.9. The highest BCUT2D eigenvalue weighted by molar-refractivity contribution is 9.10. The minimum atomic E-state index is -0.255. The Morgan fingerprint density at radius 2 is 1.96 bits per heavy atom. The number of para-hydroxylation sites is 1. The topological polar surface area (TPSA) is 58.1 Å². The van der Waals surface area contributed by atoms with Gasteiger partial charge in [0.2, 0.25) is 0 Å². The number of rotatable bonds is 3. The van der Waals surface area contributed by atoms with Crippen molar-refractivity contribution in [3.63, 3.8) is 0 Å². The van der Waals surface area contributed by atoms with Gasteiger partial charge in [-0.05, 0) is 36.2 Å². The Morgan fingerprint density at radius 1 is 1.08 bits per heavy atom. The number of nitrogens with zero attached hydrogens (tertiary/aromatic N) is 3. The van der Waals surface area contributed by atoms with Crippen LogP contribution in [-0.4, -0.2) is 22.4 Å². The van der Waals surface area contributed by atoms with Crippen molar-refractivity contribution in [2.75, 3.05) is 16.8 Å². The molecule has 124 valence electrons. The molecule has 2 aromatic carbocycles. The summed E-state index contributed by atoms with van der Waals surface area (Å²) in [6.07, 6.45) is 2.41. The van der Waals surface area contributed by atoms with Gasteiger partial charge in [0, 0.05) is 28.5 Å². The number of halogens is 1. The number of anilines is 3. The first-order valence-electron chi connectivity index (χ1n) is 7.95. The average Bonchev–Trinajstić information content (AvgIpc) is 3.06. The first-order chi connectivity index (χ1) is 12.2. The second-order valence-corrected chi connectivity index (χ2v) is 6.67. The monoisotopic (exact) mass is 394 g/mol. The fourth-order valence-corrected chi connectivity index (χ4v) is 3.36. The maximum absolute atomic E-state index is 12.5. The minimum Gasteiger partial charge on any atom is -0.326 e. The summed E-state index contributed by atoms with van der Waals surface area (Å²) in [6, 6.07) is 17.4. The Morgan fingerprint density at radius 3 is 2.84 bits per heavy atom. The molecule has 0 atom stereocenters. The molecule has 0 bridgehead atoms. The van der Waals surface area contributed by atoms with E-state index < -0.39 is 0 Å². The van der Waals surface area contributed by atoms with E-state index >= 15 is 0 Å². The maximum Gasteiger partial charge on any atom is 0.274 e. The summed E-state index contributed by atoms with van der Waals surface area (Å²) in [4.78, 5) is 23.1. The van der Waals surface area contributed by atoms with Gasteiger partial charge in [-0.3, -0.25) is 4.79 Å². The molecule has 2 heterocycles. The van der Waals surface area contributed by atoms with Gasteiger partial charge >= 0.3 is 0 Å². The van der Waals surface area contributed by atoms with Crippen LogP contribution >= 0.6 is 15.9 Å². The molecule has 3 aromatic rings. The smallest absolute Gasteiger partial charge is 0.274 e. The van der Waals surface area contributed by atoms with Gasteiger partial charge in [0.25, 0.3) is 5.91 Å². The van der Waals surface area contributed by atoms with Crippen LogP contribution in [0.2, 0.25) is 0 Å². The molecule has 5 nitrogen and oxygen atoms in total. The predicted molar refractivity (Wildman–Crippen MR) is 101 cm³/mol. The molecular formula is C19H15BrN4O. The third-order valence-corrected chi connectivity index (χ3v) is 4.62. The number of hydrogen-bond donors (Lipinski definition) is 1. The highest BCUT2D eigenvalue weighted by Gasteiger charge is 2.22. The average molecular weight is 395 g/mol. The van der Waals surface area contributed by atoms with E-state index in [1.165, 1.54) is 11.9 Å². The van der Waals surface area contributed by atoms with Gasteiger partial charge in [-0.2, -0.15) is 0 Å². The molecule has 0 saturated heterocycles. The summed E-state index contributed by atoms with van der Waals surface area (Å²) >= 11 is 3.40. The Labute approximate surface area is 153 Å². The molecule has 0 aliphatic carbocycles. The number of carbonyl (C=O) groups is 1. The molecule has 0 fully saturated rings. The van der Waals surface area contributed by atoms with Crippen molar-refractivity contribution in [1.82, 2.24) is 9.97 Å². The van der Waals surface area contributed by atoms with Crippen LogP contribution in [0.25, 0.3) is 0 Å². The lowest BCUT2D eigenvalue weighted by molar-refractivity contribution is 0.102. The van der Waals surface area contributed by atoms with Crippen LogP contribution in [-0.2, 0) is 6.42 Å². The Hall–Kier alpha value is -2.73. The molecule has 1 aliphatic heterocycles. The van der Waals surface area contributed by atoms with E-state index in [0.717, 1.165) is 28.9 Å². The zero-order chi connectivity index (χ0) is 17.2. The fourth-order valence-electron chi connectivity index (χ4n) is 2.96. The van der Waals surface area contributed by atoms with E-state index in [4.69, 9.17) is 0 Å². The van der Waals surface area contributed by atoms with E-state index in [1.807, 2.05) is 36.4 Å². The molecule has 4 rings (SSSR count). The third kappa shape index (κ3) is 3.25. The third-order valence-electron chi connectivity index (χ3n) is 4.13. The number of hydrogen-bond acceptors (Lipinski definition) is 4. The van der Waals surface area contributed by atoms with Crippen LogP contribution in [0.15, 0.2) is 65.4 Å². The van der Waals surface area contributed by atoms with Crippen LogP contribution in [0.4, 0.5) is 17.2 Å². The van der Waals surface area contributed by atoms with E-state index in [9.17, 15) is 4.79 Å². The quantitative estimate of drug-likeness (QED) is 0.723. The number of aromatic nitrogens is 2. The summed E-state index contributed by atoms with van der Waals surface area (Å²) in [6.45, 7) is 0.850. The van der Waals surface area contributed by atoms with Gasteiger partial charge < -0.3 is 10.2 Å². The zero-order valence-electron chi connectivity index (χ0n) is 13.3. The molecule has 1 aromatic heterocycles. The zero-order valence-corrected chi connectivity index (χ0v) is 14.9. The molecule has 6 heteroatoms. The van der Waals surface area contributed by atoms with E-state index in [1.54, 1.807) is 6.07 Å². The van der Waals surface area contributed by atoms with Gasteiger partial charge in [-0.1, -0.05) is 40.2 Å². The Kier molecular flexibility index (Phi) is 4.19. The van der Waals surface area contributed by atoms with Gasteiger partial charge in [0.05, 0.1) is 0 Å². The van der Waals surface area contributed by atoms with Crippen LogP contribution in [0.3, 0.4) is 0 Å². The van der Waals surface area contributed by atoms with Crippen LogP contribution in [0.1, 0.15) is 16.1 Å². The van der Waals surface area contributed by atoms with Crippen molar-refractivity contribution >= 4 is 39.0 Å². The lowest BCUT2D eigenvalue weighted by Gasteiger charge is -2.18. The summed E-state index contributed by atoms with van der Waals surface area (Å²) < 4.78 is 0.905. The second kappa shape index (κ2) is 6.64. The van der Waals surface area contributed by atoms with E-state index in [2.05, 4.69) is 48.2 Å².